The van der Waals surface area contributed by atoms with Crippen LogP contribution in [0.15, 0.2) is 12.8 Å². The number of hydrogen-bond acceptors (Lipinski definition) is 15. The first kappa shape index (κ1) is 47.3. The quantitative estimate of drug-likeness (QED) is 0.0208. The highest BCUT2D eigenvalue weighted by Gasteiger charge is 2.24. The molecule has 16 nitrogen and oxygen atoms in total. The third kappa shape index (κ3) is 37.1. The van der Waals surface area contributed by atoms with Crippen LogP contribution in [-0.4, -0.2) is 216 Å². The van der Waals surface area contributed by atoms with Gasteiger partial charge in [0.2, 0.25) is 0 Å². The van der Waals surface area contributed by atoms with Crippen molar-refractivity contribution in [3.8, 4) is 0 Å². The summed E-state index contributed by atoms with van der Waals surface area (Å²) in [5, 5.41) is 71.5. The van der Waals surface area contributed by atoms with Gasteiger partial charge in [-0.15, -0.1) is 0 Å². The van der Waals surface area contributed by atoms with Gasteiger partial charge in [0.15, 0.2) is 0 Å². The second kappa shape index (κ2) is 41.9. The fourth-order valence-corrected chi connectivity index (χ4v) is 3.49. The molecule has 0 radical (unpaired) electrons. The molecular formula is C28H62N2O14. The lowest BCUT2D eigenvalue weighted by Crippen LogP contribution is -2.56. The maximum Gasteiger partial charge on any atom is 0.111 e. The molecule has 0 rings (SSSR count). The van der Waals surface area contributed by atoms with E-state index in [4.69, 9.17) is 64.2 Å². The summed E-state index contributed by atoms with van der Waals surface area (Å²) in [6.07, 6.45) is 1.38. The number of nitrogens with zero attached hydrogens (tertiary/aromatic N) is 2. The second-order valence-electron chi connectivity index (χ2n) is 8.95. The maximum atomic E-state index is 10.9. The third-order valence-corrected chi connectivity index (χ3v) is 5.72. The summed E-state index contributed by atoms with van der Waals surface area (Å²) in [5.41, 5.74) is 0. The predicted octanol–water partition coefficient (Wildman–Crippen LogP) is -4.37. The average molecular weight is 651 g/mol. The number of quaternary nitrogens is 1. The van der Waals surface area contributed by atoms with Crippen molar-refractivity contribution in [3.63, 3.8) is 0 Å². The van der Waals surface area contributed by atoms with Gasteiger partial charge in [-0.1, -0.05) is 13.2 Å². The van der Waals surface area contributed by atoms with E-state index in [1.165, 1.54) is 6.26 Å². The van der Waals surface area contributed by atoms with Gasteiger partial charge >= 0.3 is 0 Å². The van der Waals surface area contributed by atoms with Gasteiger partial charge in [0.25, 0.3) is 0 Å². The summed E-state index contributed by atoms with van der Waals surface area (Å²) in [6, 6.07) is 0. The minimum Gasteiger partial charge on any atom is -0.850 e. The van der Waals surface area contributed by atoms with E-state index in [9.17, 15) is 5.11 Å². The topological polar surface area (TPSA) is 223 Å². The van der Waals surface area contributed by atoms with Crippen LogP contribution >= 0.6 is 0 Å². The van der Waals surface area contributed by atoms with Crippen LogP contribution in [0.5, 0.6) is 0 Å². The second-order valence-corrected chi connectivity index (χ2v) is 8.95. The fourth-order valence-electron chi connectivity index (χ4n) is 3.49. The van der Waals surface area contributed by atoms with E-state index in [-0.39, 0.29) is 52.9 Å². The number of ether oxygens (including phenoxy) is 6. The van der Waals surface area contributed by atoms with Crippen molar-refractivity contribution in [2.24, 2.45) is 0 Å². The molecule has 0 aliphatic rings. The first-order valence-corrected chi connectivity index (χ1v) is 15.0. The van der Waals surface area contributed by atoms with Gasteiger partial charge in [-0.3, -0.25) is 4.90 Å². The molecule has 44 heavy (non-hydrogen) atoms. The molecule has 0 aromatic rings. The lowest BCUT2D eigenvalue weighted by Gasteiger charge is -2.39. The fraction of sp³-hybridized carbons (Fsp3) is 0.929. The Hall–Kier alpha value is -1.06. The summed E-state index contributed by atoms with van der Waals surface area (Å²) in [4.78, 5) is 1.79. The van der Waals surface area contributed by atoms with Gasteiger partial charge in [0.1, 0.15) is 26.2 Å². The van der Waals surface area contributed by atoms with E-state index in [1.807, 2.05) is 0 Å². The van der Waals surface area contributed by atoms with Crippen molar-refractivity contribution in [2.45, 2.75) is 0 Å². The van der Waals surface area contributed by atoms with Crippen LogP contribution in [0.25, 0.3) is 0 Å². The first-order valence-electron chi connectivity index (χ1n) is 15.0. The molecule has 0 heterocycles. The summed E-state index contributed by atoms with van der Waals surface area (Å²) < 4.78 is 31.1. The van der Waals surface area contributed by atoms with Crippen LogP contribution in [0, 0.1) is 0 Å². The summed E-state index contributed by atoms with van der Waals surface area (Å²) in [5.74, 6) is 0. The minimum absolute atomic E-state index is 0.00809. The van der Waals surface area contributed by atoms with Crippen molar-refractivity contribution in [1.82, 2.24) is 4.90 Å². The molecule has 0 spiro atoms. The molecule has 0 aliphatic carbocycles. The minimum atomic E-state index is -0.239. The average Bonchev–Trinajstić information content (AvgIpc) is 3.01. The monoisotopic (exact) mass is 650 g/mol. The van der Waals surface area contributed by atoms with Gasteiger partial charge < -0.3 is 73.8 Å². The molecule has 16 heteroatoms. The Balaban J connectivity index is -0.000000641. The predicted molar refractivity (Wildman–Crippen MR) is 161 cm³/mol. The standard InChI is InChI=1S/C14H31NO7.C8H16O4.C6H15NO3/c16-5-1-15(2-6-17,3-7-18)4-9-20-11-13-22-14-12-21-10-8-19;1-2-10-5-6-12-8-7-11-4-3-9;8-4-1-7(2-5-9)3-6-10/h16-17,19H,1-14H2;2,9H,1,3-8H2;8-10H,1-6H2. The van der Waals surface area contributed by atoms with E-state index in [0.717, 1.165) is 0 Å². The summed E-state index contributed by atoms with van der Waals surface area (Å²) in [7, 11) is 0. The Morgan fingerprint density at radius 2 is 0.864 bits per heavy atom. The van der Waals surface area contributed by atoms with Gasteiger partial charge in [-0.2, -0.15) is 0 Å². The lowest BCUT2D eigenvalue weighted by molar-refractivity contribution is -0.933. The van der Waals surface area contributed by atoms with Crippen molar-refractivity contribution >= 4 is 0 Å². The highest BCUT2D eigenvalue weighted by molar-refractivity contribution is 4.54. The van der Waals surface area contributed by atoms with Crippen molar-refractivity contribution in [2.75, 3.05) is 171 Å². The number of rotatable bonds is 32. The molecule has 0 bridgehead atoms. The molecule has 0 saturated heterocycles. The SMILES string of the molecule is C=COCCOCCOCCO.OCCN(CCO)CCO.[O-]CC[N+](CCO)(CCO)CCOCCOCCOCCO. The molecule has 0 unspecified atom stereocenters. The van der Waals surface area contributed by atoms with E-state index < -0.39 is 0 Å². The zero-order chi connectivity index (χ0) is 33.4. The largest absolute Gasteiger partial charge is 0.850 e. The van der Waals surface area contributed by atoms with E-state index in [1.54, 1.807) is 4.90 Å². The molecule has 0 saturated carbocycles. The Morgan fingerprint density at radius 1 is 0.477 bits per heavy atom. The molecular weight excluding hydrogens is 588 g/mol. The van der Waals surface area contributed by atoms with Gasteiger partial charge in [0.05, 0.1) is 125 Å². The number of aliphatic hydroxyl groups excluding tert-OH is 7. The smallest absolute Gasteiger partial charge is 0.111 e. The summed E-state index contributed by atoms with van der Waals surface area (Å²) in [6.45, 7) is 11.8. The molecule has 0 aliphatic heterocycles. The third-order valence-electron chi connectivity index (χ3n) is 5.72. The van der Waals surface area contributed by atoms with Crippen LogP contribution in [0.3, 0.4) is 0 Å². The molecule has 0 fully saturated rings. The molecule has 268 valence electrons. The molecule has 7 N–H and O–H groups in total. The number of hydrogen-bond donors (Lipinski definition) is 7. The molecule has 0 aromatic heterocycles. The Morgan fingerprint density at radius 3 is 1.20 bits per heavy atom. The van der Waals surface area contributed by atoms with Crippen LogP contribution < -0.4 is 5.11 Å². The van der Waals surface area contributed by atoms with Gasteiger partial charge in [0, 0.05) is 19.6 Å². The summed E-state index contributed by atoms with van der Waals surface area (Å²) >= 11 is 0. The lowest BCUT2D eigenvalue weighted by atomic mass is 10.3. The molecule has 0 amide bonds. The first-order chi connectivity index (χ1) is 21.5. The van der Waals surface area contributed by atoms with Crippen molar-refractivity contribution < 1.29 is 73.8 Å². The van der Waals surface area contributed by atoms with Crippen molar-refractivity contribution in [3.05, 3.63) is 12.8 Å². The van der Waals surface area contributed by atoms with Gasteiger partial charge in [-0.25, -0.2) is 0 Å². The van der Waals surface area contributed by atoms with E-state index in [2.05, 4.69) is 6.58 Å². The van der Waals surface area contributed by atoms with Gasteiger partial charge in [-0.05, 0) is 0 Å². The Labute approximate surface area is 263 Å². The van der Waals surface area contributed by atoms with E-state index in [0.29, 0.717) is 123 Å². The van der Waals surface area contributed by atoms with E-state index >= 15 is 0 Å². The van der Waals surface area contributed by atoms with Crippen molar-refractivity contribution in [1.29, 1.82) is 0 Å². The number of aliphatic hydroxyl groups is 7. The van der Waals surface area contributed by atoms with Crippen LogP contribution in [0.1, 0.15) is 0 Å². The maximum absolute atomic E-state index is 10.9. The van der Waals surface area contributed by atoms with Crippen LogP contribution in [-0.2, 0) is 28.4 Å². The zero-order valence-electron chi connectivity index (χ0n) is 26.6. The van der Waals surface area contributed by atoms with Crippen LogP contribution in [0.4, 0.5) is 0 Å². The zero-order valence-corrected chi connectivity index (χ0v) is 26.6. The normalized spacial score (nSPS) is 11.1. The Kier molecular flexibility index (Phi) is 45.1. The molecule has 0 atom stereocenters. The highest BCUT2D eigenvalue weighted by atomic mass is 16.6. The molecule has 0 aromatic carbocycles. The van der Waals surface area contributed by atoms with Crippen LogP contribution in [0.2, 0.25) is 0 Å². The highest BCUT2D eigenvalue weighted by Crippen LogP contribution is 2.05. The Bertz CT molecular complexity index is 495.